The number of halogens is 1. The number of benzene rings is 1. The standard InChI is InChI=1S/C23H37FN4O3/c1-6-27-12-14-28(15-13-27)20-10-9-18(24)16-19(20)17(2)26-21(29)8-7-11-25-22(30)31-23(3,4)5/h9-10,16-17H,6-8,11-15H2,1-5H3,(H,25,30)(H,26,29). The highest BCUT2D eigenvalue weighted by molar-refractivity contribution is 5.77. The van der Waals surface area contributed by atoms with Crippen LogP contribution in [0.25, 0.3) is 0 Å². The maximum atomic E-state index is 14.0. The topological polar surface area (TPSA) is 73.9 Å². The number of carbonyl (C=O) groups excluding carboxylic acids is 2. The van der Waals surface area contributed by atoms with E-state index in [1.165, 1.54) is 12.1 Å². The molecule has 2 N–H and O–H groups in total. The summed E-state index contributed by atoms with van der Waals surface area (Å²) in [5.74, 6) is -0.446. The van der Waals surface area contributed by atoms with E-state index < -0.39 is 11.7 Å². The Morgan fingerprint density at radius 2 is 1.87 bits per heavy atom. The van der Waals surface area contributed by atoms with Crippen LogP contribution in [0, 0.1) is 5.82 Å². The second-order valence-corrected chi connectivity index (χ2v) is 8.95. The summed E-state index contributed by atoms with van der Waals surface area (Å²) in [5.41, 5.74) is 1.20. The Balaban J connectivity index is 1.87. The van der Waals surface area contributed by atoms with Crippen LogP contribution in [0.4, 0.5) is 14.9 Å². The molecule has 0 saturated carbocycles. The summed E-state index contributed by atoms with van der Waals surface area (Å²) < 4.78 is 19.1. The summed E-state index contributed by atoms with van der Waals surface area (Å²) in [7, 11) is 0. The molecule has 1 unspecified atom stereocenters. The van der Waals surface area contributed by atoms with E-state index in [4.69, 9.17) is 4.74 Å². The van der Waals surface area contributed by atoms with Crippen molar-refractivity contribution < 1.29 is 18.7 Å². The van der Waals surface area contributed by atoms with Crippen LogP contribution in [-0.4, -0.2) is 61.8 Å². The van der Waals surface area contributed by atoms with Crippen LogP contribution >= 0.6 is 0 Å². The maximum absolute atomic E-state index is 14.0. The van der Waals surface area contributed by atoms with Crippen molar-refractivity contribution in [3.05, 3.63) is 29.6 Å². The molecule has 1 atom stereocenters. The summed E-state index contributed by atoms with van der Waals surface area (Å²) in [6.45, 7) is 14.5. The first-order chi connectivity index (χ1) is 14.6. The highest BCUT2D eigenvalue weighted by Gasteiger charge is 2.22. The van der Waals surface area contributed by atoms with Gasteiger partial charge in [0.25, 0.3) is 0 Å². The lowest BCUT2D eigenvalue weighted by molar-refractivity contribution is -0.121. The largest absolute Gasteiger partial charge is 0.444 e. The van der Waals surface area contributed by atoms with Gasteiger partial charge in [-0.3, -0.25) is 4.79 Å². The molecular formula is C23H37FN4O3. The lowest BCUT2D eigenvalue weighted by atomic mass is 10.0. The fourth-order valence-corrected chi connectivity index (χ4v) is 3.61. The molecule has 1 fully saturated rings. The van der Waals surface area contributed by atoms with Gasteiger partial charge in [0.15, 0.2) is 0 Å². The SMILES string of the molecule is CCN1CCN(c2ccc(F)cc2C(C)NC(=O)CCCNC(=O)OC(C)(C)C)CC1. The molecule has 0 aromatic heterocycles. The summed E-state index contributed by atoms with van der Waals surface area (Å²) >= 11 is 0. The lowest BCUT2D eigenvalue weighted by Gasteiger charge is -2.37. The number of amides is 2. The molecule has 1 saturated heterocycles. The van der Waals surface area contributed by atoms with Crippen LogP contribution in [0.5, 0.6) is 0 Å². The van der Waals surface area contributed by atoms with Crippen LogP contribution in [0.3, 0.4) is 0 Å². The minimum Gasteiger partial charge on any atom is -0.444 e. The predicted molar refractivity (Wildman–Crippen MR) is 121 cm³/mol. The van der Waals surface area contributed by atoms with Crippen LogP contribution < -0.4 is 15.5 Å². The van der Waals surface area contributed by atoms with Gasteiger partial charge >= 0.3 is 6.09 Å². The normalized spacial score (nSPS) is 16.0. The summed E-state index contributed by atoms with van der Waals surface area (Å²) in [6.07, 6.45) is 0.265. The van der Waals surface area contributed by atoms with Gasteiger partial charge in [-0.1, -0.05) is 6.92 Å². The van der Waals surface area contributed by atoms with E-state index in [-0.39, 0.29) is 24.2 Å². The van der Waals surface area contributed by atoms with E-state index in [9.17, 15) is 14.0 Å². The maximum Gasteiger partial charge on any atom is 0.407 e. The van der Waals surface area contributed by atoms with E-state index in [0.717, 1.165) is 44.0 Å². The monoisotopic (exact) mass is 436 g/mol. The molecule has 0 radical (unpaired) electrons. The number of nitrogens with zero attached hydrogens (tertiary/aromatic N) is 2. The number of likely N-dealkylation sites (N-methyl/N-ethyl adjacent to an activating group) is 1. The Bertz CT molecular complexity index is 743. The fraction of sp³-hybridized carbons (Fsp3) is 0.652. The number of hydrogen-bond donors (Lipinski definition) is 2. The second-order valence-electron chi connectivity index (χ2n) is 8.95. The zero-order chi connectivity index (χ0) is 23.0. The van der Waals surface area contributed by atoms with Gasteiger partial charge in [-0.15, -0.1) is 0 Å². The molecule has 174 valence electrons. The highest BCUT2D eigenvalue weighted by Crippen LogP contribution is 2.28. The number of alkyl carbamates (subject to hydrolysis) is 1. The van der Waals surface area contributed by atoms with Crippen LogP contribution in [0.2, 0.25) is 0 Å². The number of hydrogen-bond acceptors (Lipinski definition) is 5. The fourth-order valence-electron chi connectivity index (χ4n) is 3.61. The lowest BCUT2D eigenvalue weighted by Crippen LogP contribution is -2.46. The Kier molecular flexibility index (Phi) is 9.10. The summed E-state index contributed by atoms with van der Waals surface area (Å²) in [4.78, 5) is 28.7. The van der Waals surface area contributed by atoms with Gasteiger partial charge in [-0.05, 0) is 58.9 Å². The number of piperazine rings is 1. The number of anilines is 1. The molecule has 0 bridgehead atoms. The first-order valence-electron chi connectivity index (χ1n) is 11.1. The van der Waals surface area contributed by atoms with Crippen molar-refractivity contribution in [2.24, 2.45) is 0 Å². The smallest absolute Gasteiger partial charge is 0.407 e. The molecule has 1 aromatic rings. The van der Waals surface area contributed by atoms with E-state index in [1.807, 2.05) is 6.92 Å². The predicted octanol–water partition coefficient (Wildman–Crippen LogP) is 3.45. The quantitative estimate of drug-likeness (QED) is 0.611. The number of ether oxygens (including phenoxy) is 1. The van der Waals surface area contributed by atoms with Gasteiger partial charge < -0.3 is 25.2 Å². The second kappa shape index (κ2) is 11.3. The van der Waals surface area contributed by atoms with Crippen LogP contribution in [0.1, 0.15) is 59.1 Å². The number of carbonyl (C=O) groups is 2. The third-order valence-corrected chi connectivity index (χ3v) is 5.24. The van der Waals surface area contributed by atoms with Crippen molar-refractivity contribution in [1.82, 2.24) is 15.5 Å². The van der Waals surface area contributed by atoms with Crippen molar-refractivity contribution in [3.63, 3.8) is 0 Å². The van der Waals surface area contributed by atoms with Crippen LogP contribution in [0.15, 0.2) is 18.2 Å². The van der Waals surface area contributed by atoms with E-state index in [2.05, 4.69) is 27.4 Å². The summed E-state index contributed by atoms with van der Waals surface area (Å²) in [5, 5.41) is 5.61. The molecule has 1 heterocycles. The van der Waals surface area contributed by atoms with Crippen LogP contribution in [-0.2, 0) is 9.53 Å². The molecule has 8 heteroatoms. The molecule has 1 aliphatic heterocycles. The minimum absolute atomic E-state index is 0.135. The van der Waals surface area contributed by atoms with Gasteiger partial charge in [0, 0.05) is 50.4 Å². The molecule has 31 heavy (non-hydrogen) atoms. The van der Waals surface area contributed by atoms with Crippen molar-refractivity contribution in [2.45, 2.75) is 59.1 Å². The highest BCUT2D eigenvalue weighted by atomic mass is 19.1. The van der Waals surface area contributed by atoms with Crippen molar-refractivity contribution >= 4 is 17.7 Å². The number of nitrogens with one attached hydrogen (secondary N) is 2. The molecule has 2 amide bonds. The molecule has 2 rings (SSSR count). The van der Waals surface area contributed by atoms with Crippen molar-refractivity contribution in [3.8, 4) is 0 Å². The minimum atomic E-state index is -0.553. The zero-order valence-electron chi connectivity index (χ0n) is 19.5. The first kappa shape index (κ1) is 24.9. The molecule has 0 spiro atoms. The van der Waals surface area contributed by atoms with E-state index in [1.54, 1.807) is 26.8 Å². The summed E-state index contributed by atoms with van der Waals surface area (Å²) in [6, 6.07) is 4.47. The van der Waals surface area contributed by atoms with Gasteiger partial charge in [-0.2, -0.15) is 0 Å². The average molecular weight is 437 g/mol. The third kappa shape index (κ3) is 8.36. The van der Waals surface area contributed by atoms with Crippen molar-refractivity contribution in [2.75, 3.05) is 44.2 Å². The van der Waals surface area contributed by atoms with Gasteiger partial charge in [0.1, 0.15) is 11.4 Å². The molecule has 0 aliphatic carbocycles. The van der Waals surface area contributed by atoms with E-state index >= 15 is 0 Å². The Morgan fingerprint density at radius 1 is 1.19 bits per heavy atom. The molecule has 7 nitrogen and oxygen atoms in total. The molecule has 1 aliphatic rings. The first-order valence-corrected chi connectivity index (χ1v) is 11.1. The van der Waals surface area contributed by atoms with Gasteiger partial charge in [0.2, 0.25) is 5.91 Å². The Morgan fingerprint density at radius 3 is 2.48 bits per heavy atom. The van der Waals surface area contributed by atoms with Gasteiger partial charge in [-0.25, -0.2) is 9.18 Å². The Labute approximate surface area is 185 Å². The molecule has 1 aromatic carbocycles. The molecular weight excluding hydrogens is 399 g/mol. The average Bonchev–Trinajstić information content (AvgIpc) is 2.70. The number of rotatable bonds is 8. The van der Waals surface area contributed by atoms with Crippen molar-refractivity contribution in [1.29, 1.82) is 0 Å². The van der Waals surface area contributed by atoms with Gasteiger partial charge in [0.05, 0.1) is 6.04 Å². The zero-order valence-corrected chi connectivity index (χ0v) is 19.5. The third-order valence-electron chi connectivity index (χ3n) is 5.24. The Hall–Kier alpha value is -2.35. The van der Waals surface area contributed by atoms with E-state index in [0.29, 0.717) is 13.0 Å².